The molecule has 0 fully saturated rings. The molecule has 0 aliphatic rings. The zero-order chi connectivity index (χ0) is 14.7. The molecule has 0 aliphatic heterocycles. The van der Waals surface area contributed by atoms with E-state index in [-0.39, 0.29) is 17.6 Å². The standard InChI is InChI=1S/C16H17BrFNO/c1-10-6-5-9-14(15(10)18)20-16(11(2)19)12-7-3-4-8-13(12)17/h3-9,11,16H,19H2,1-2H3. The quantitative estimate of drug-likeness (QED) is 0.899. The van der Waals surface area contributed by atoms with Crippen LogP contribution in [0.1, 0.15) is 24.2 Å². The number of halogens is 2. The zero-order valence-corrected chi connectivity index (χ0v) is 13.0. The average Bonchev–Trinajstić information content (AvgIpc) is 2.41. The summed E-state index contributed by atoms with van der Waals surface area (Å²) in [5.74, 6) is -0.117. The first-order chi connectivity index (χ1) is 9.50. The Morgan fingerprint density at radius 1 is 1.15 bits per heavy atom. The highest BCUT2D eigenvalue weighted by Gasteiger charge is 2.22. The van der Waals surface area contributed by atoms with Gasteiger partial charge in [-0.25, -0.2) is 4.39 Å². The lowest BCUT2D eigenvalue weighted by atomic mass is 10.0. The van der Waals surface area contributed by atoms with Crippen LogP contribution in [-0.2, 0) is 0 Å². The number of nitrogens with two attached hydrogens (primary N) is 1. The van der Waals surface area contributed by atoms with Gasteiger partial charge in [0.05, 0.1) is 0 Å². The molecule has 0 aromatic heterocycles. The Hall–Kier alpha value is -1.39. The van der Waals surface area contributed by atoms with Gasteiger partial charge in [-0.15, -0.1) is 0 Å². The molecule has 4 heteroatoms. The molecule has 0 aliphatic carbocycles. The molecule has 2 nitrogen and oxygen atoms in total. The Kier molecular flexibility index (Phi) is 4.78. The average molecular weight is 338 g/mol. The molecule has 2 rings (SSSR count). The Morgan fingerprint density at radius 2 is 1.85 bits per heavy atom. The van der Waals surface area contributed by atoms with Crippen LogP contribution in [0.4, 0.5) is 4.39 Å². The van der Waals surface area contributed by atoms with Crippen LogP contribution in [0.2, 0.25) is 0 Å². The van der Waals surface area contributed by atoms with E-state index in [1.54, 1.807) is 25.1 Å². The third-order valence-corrected chi connectivity index (χ3v) is 3.82. The molecule has 2 N–H and O–H groups in total. The first-order valence-electron chi connectivity index (χ1n) is 6.42. The minimum absolute atomic E-state index is 0.225. The summed E-state index contributed by atoms with van der Waals surface area (Å²) in [6.45, 7) is 3.55. The largest absolute Gasteiger partial charge is 0.481 e. The Bertz CT molecular complexity index is 601. The first-order valence-corrected chi connectivity index (χ1v) is 7.21. The van der Waals surface area contributed by atoms with Crippen molar-refractivity contribution in [3.05, 3.63) is 63.9 Å². The fourth-order valence-electron chi connectivity index (χ4n) is 2.01. The molecule has 0 bridgehead atoms. The SMILES string of the molecule is Cc1cccc(OC(c2ccccc2Br)C(C)N)c1F. The molecule has 0 radical (unpaired) electrons. The predicted octanol–water partition coefficient (Wildman–Crippen LogP) is 4.36. The third kappa shape index (κ3) is 3.19. The molecule has 2 aromatic rings. The maximum absolute atomic E-state index is 14.1. The van der Waals surface area contributed by atoms with Crippen LogP contribution in [0.15, 0.2) is 46.9 Å². The van der Waals surface area contributed by atoms with Gasteiger partial charge >= 0.3 is 0 Å². The van der Waals surface area contributed by atoms with Crippen molar-refractivity contribution >= 4 is 15.9 Å². The highest BCUT2D eigenvalue weighted by Crippen LogP contribution is 2.31. The van der Waals surface area contributed by atoms with E-state index in [0.29, 0.717) is 5.56 Å². The zero-order valence-electron chi connectivity index (χ0n) is 11.4. The summed E-state index contributed by atoms with van der Waals surface area (Å²) in [5.41, 5.74) is 7.46. The molecule has 0 heterocycles. The van der Waals surface area contributed by atoms with Crippen molar-refractivity contribution in [2.45, 2.75) is 26.0 Å². The van der Waals surface area contributed by atoms with Crippen molar-refractivity contribution in [3.8, 4) is 5.75 Å². The number of rotatable bonds is 4. The molecule has 0 saturated carbocycles. The third-order valence-electron chi connectivity index (χ3n) is 3.10. The fraction of sp³-hybridized carbons (Fsp3) is 0.250. The summed E-state index contributed by atoms with van der Waals surface area (Å²) in [4.78, 5) is 0. The van der Waals surface area contributed by atoms with Crippen molar-refractivity contribution in [1.29, 1.82) is 0 Å². The second-order valence-electron chi connectivity index (χ2n) is 4.81. The topological polar surface area (TPSA) is 35.2 Å². The van der Waals surface area contributed by atoms with E-state index in [0.717, 1.165) is 10.0 Å². The number of hydrogen-bond donors (Lipinski definition) is 1. The second-order valence-corrected chi connectivity index (χ2v) is 5.66. The number of ether oxygens (including phenoxy) is 1. The summed E-state index contributed by atoms with van der Waals surface area (Å²) in [5, 5.41) is 0. The lowest BCUT2D eigenvalue weighted by Crippen LogP contribution is -2.29. The minimum Gasteiger partial charge on any atom is -0.481 e. The van der Waals surface area contributed by atoms with Crippen molar-refractivity contribution in [3.63, 3.8) is 0 Å². The van der Waals surface area contributed by atoms with Crippen LogP contribution in [0, 0.1) is 12.7 Å². The van der Waals surface area contributed by atoms with Gasteiger partial charge in [-0.2, -0.15) is 0 Å². The van der Waals surface area contributed by atoms with E-state index in [9.17, 15) is 4.39 Å². The van der Waals surface area contributed by atoms with Gasteiger partial charge in [0.2, 0.25) is 0 Å². The fourth-order valence-corrected chi connectivity index (χ4v) is 2.52. The predicted molar refractivity (Wildman–Crippen MR) is 82.3 cm³/mol. The van der Waals surface area contributed by atoms with Gasteiger partial charge in [0.15, 0.2) is 11.6 Å². The van der Waals surface area contributed by atoms with Gasteiger partial charge < -0.3 is 10.5 Å². The Morgan fingerprint density at radius 3 is 2.50 bits per heavy atom. The van der Waals surface area contributed by atoms with Crippen LogP contribution in [0.3, 0.4) is 0 Å². The highest BCUT2D eigenvalue weighted by atomic mass is 79.9. The van der Waals surface area contributed by atoms with Crippen molar-refractivity contribution in [2.75, 3.05) is 0 Å². The molecule has 20 heavy (non-hydrogen) atoms. The highest BCUT2D eigenvalue weighted by molar-refractivity contribution is 9.10. The Labute approximate surface area is 126 Å². The Balaban J connectivity index is 2.36. The molecule has 2 unspecified atom stereocenters. The van der Waals surface area contributed by atoms with Crippen LogP contribution >= 0.6 is 15.9 Å². The van der Waals surface area contributed by atoms with E-state index in [1.807, 2.05) is 31.2 Å². The van der Waals surface area contributed by atoms with Gasteiger partial charge in [0, 0.05) is 16.1 Å². The number of aryl methyl sites for hydroxylation is 1. The molecule has 106 valence electrons. The van der Waals surface area contributed by atoms with Gasteiger partial charge in [-0.1, -0.05) is 46.3 Å². The van der Waals surface area contributed by atoms with Gasteiger partial charge in [-0.3, -0.25) is 0 Å². The van der Waals surface area contributed by atoms with E-state index in [4.69, 9.17) is 10.5 Å². The van der Waals surface area contributed by atoms with Crippen LogP contribution < -0.4 is 10.5 Å². The number of hydrogen-bond acceptors (Lipinski definition) is 2. The summed E-state index contributed by atoms with van der Waals surface area (Å²) in [6, 6.07) is 12.5. The summed E-state index contributed by atoms with van der Waals surface area (Å²) >= 11 is 3.48. The van der Waals surface area contributed by atoms with E-state index in [1.165, 1.54) is 0 Å². The maximum Gasteiger partial charge on any atom is 0.167 e. The van der Waals surface area contributed by atoms with E-state index in [2.05, 4.69) is 15.9 Å². The molecule has 0 saturated heterocycles. The second kappa shape index (κ2) is 6.37. The normalized spacial score (nSPS) is 13.8. The summed E-state index contributed by atoms with van der Waals surface area (Å²) < 4.78 is 20.8. The van der Waals surface area contributed by atoms with E-state index >= 15 is 0 Å². The van der Waals surface area contributed by atoms with Gasteiger partial charge in [-0.05, 0) is 31.5 Å². The monoisotopic (exact) mass is 337 g/mol. The van der Waals surface area contributed by atoms with Crippen LogP contribution in [-0.4, -0.2) is 6.04 Å². The van der Waals surface area contributed by atoms with Crippen LogP contribution in [0.5, 0.6) is 5.75 Å². The molecule has 2 aromatic carbocycles. The minimum atomic E-state index is -0.415. The molecular weight excluding hydrogens is 321 g/mol. The smallest absolute Gasteiger partial charge is 0.167 e. The lowest BCUT2D eigenvalue weighted by Gasteiger charge is -2.24. The van der Waals surface area contributed by atoms with E-state index < -0.39 is 6.10 Å². The van der Waals surface area contributed by atoms with Crippen molar-refractivity contribution < 1.29 is 9.13 Å². The van der Waals surface area contributed by atoms with Crippen molar-refractivity contribution in [1.82, 2.24) is 0 Å². The van der Waals surface area contributed by atoms with Crippen molar-refractivity contribution in [2.24, 2.45) is 5.73 Å². The molecule has 0 spiro atoms. The first kappa shape index (κ1) is 15.0. The maximum atomic E-state index is 14.1. The molecule has 0 amide bonds. The lowest BCUT2D eigenvalue weighted by molar-refractivity contribution is 0.171. The number of benzene rings is 2. The summed E-state index contributed by atoms with van der Waals surface area (Å²) in [6.07, 6.45) is -0.415. The van der Waals surface area contributed by atoms with Crippen LogP contribution in [0.25, 0.3) is 0 Å². The van der Waals surface area contributed by atoms with Gasteiger partial charge in [0.25, 0.3) is 0 Å². The van der Waals surface area contributed by atoms with Gasteiger partial charge in [0.1, 0.15) is 6.10 Å². The molecule has 2 atom stereocenters. The molecular formula is C16H17BrFNO. The summed E-state index contributed by atoms with van der Waals surface area (Å²) in [7, 11) is 0.